The van der Waals surface area contributed by atoms with Crippen LogP contribution in [0.15, 0.2) is 53.4 Å². The van der Waals surface area contributed by atoms with Gasteiger partial charge in [0.25, 0.3) is 5.91 Å². The highest BCUT2D eigenvalue weighted by Gasteiger charge is 2.26. The van der Waals surface area contributed by atoms with E-state index in [4.69, 9.17) is 4.74 Å². The van der Waals surface area contributed by atoms with Crippen LogP contribution < -0.4 is 10.1 Å². The van der Waals surface area contributed by atoms with Gasteiger partial charge in [-0.15, -0.1) is 11.8 Å². The number of methoxy groups -OCH3 is 1. The Labute approximate surface area is 172 Å². The predicted molar refractivity (Wildman–Crippen MR) is 116 cm³/mol. The molecule has 0 saturated carbocycles. The summed E-state index contributed by atoms with van der Waals surface area (Å²) in [5.74, 6) is 0.851. The van der Waals surface area contributed by atoms with Gasteiger partial charge in [-0.1, -0.05) is 32.0 Å². The number of ether oxygens (including phenoxy) is 1. The minimum absolute atomic E-state index is 0.0276. The number of hydrogen-bond donors (Lipinski definition) is 1. The summed E-state index contributed by atoms with van der Waals surface area (Å²) in [5, 5.41) is 3.67. The molecule has 1 aliphatic rings. The van der Waals surface area contributed by atoms with E-state index >= 15 is 0 Å². The standard InChI is InChI=1S/C23H30N2O2S/c1-17(2)28-19-12-10-18(11-13-19)23(26)24-16-21(25-14-6-7-15-25)20-8-4-5-9-22(20)27-3/h4-5,8-13,17,21H,6-7,14-16H2,1-3H3,(H,24,26). The van der Waals surface area contributed by atoms with Crippen LogP contribution >= 0.6 is 11.8 Å². The van der Waals surface area contributed by atoms with E-state index in [2.05, 4.69) is 30.1 Å². The van der Waals surface area contributed by atoms with Crippen molar-refractivity contribution in [1.29, 1.82) is 0 Å². The molecule has 3 rings (SSSR count). The van der Waals surface area contributed by atoms with Gasteiger partial charge in [-0.25, -0.2) is 0 Å². The lowest BCUT2D eigenvalue weighted by molar-refractivity contribution is 0.0937. The third-order valence-electron chi connectivity index (χ3n) is 5.02. The van der Waals surface area contributed by atoms with Crippen molar-refractivity contribution in [2.45, 2.75) is 42.9 Å². The SMILES string of the molecule is COc1ccccc1C(CNC(=O)c1ccc(SC(C)C)cc1)N1CCCC1. The van der Waals surface area contributed by atoms with Crippen LogP contribution in [-0.2, 0) is 0 Å². The van der Waals surface area contributed by atoms with Gasteiger partial charge in [0.15, 0.2) is 0 Å². The average Bonchev–Trinajstić information content (AvgIpc) is 3.23. The highest BCUT2D eigenvalue weighted by Crippen LogP contribution is 2.31. The van der Waals surface area contributed by atoms with Crippen LogP contribution in [0.25, 0.3) is 0 Å². The Bertz CT molecular complexity index is 770. The molecular weight excluding hydrogens is 368 g/mol. The summed E-state index contributed by atoms with van der Waals surface area (Å²) in [6, 6.07) is 16.1. The van der Waals surface area contributed by atoms with E-state index < -0.39 is 0 Å². The number of amides is 1. The summed E-state index contributed by atoms with van der Waals surface area (Å²) in [6.07, 6.45) is 2.41. The maximum absolute atomic E-state index is 12.7. The first-order valence-corrected chi connectivity index (χ1v) is 10.9. The van der Waals surface area contributed by atoms with Crippen molar-refractivity contribution in [2.75, 3.05) is 26.7 Å². The Morgan fingerprint density at radius 3 is 2.43 bits per heavy atom. The van der Waals surface area contributed by atoms with Gasteiger partial charge in [-0.3, -0.25) is 9.69 Å². The van der Waals surface area contributed by atoms with Gasteiger partial charge in [-0.05, 0) is 56.3 Å². The van der Waals surface area contributed by atoms with Crippen LogP contribution in [0.4, 0.5) is 0 Å². The number of nitrogens with one attached hydrogen (secondary N) is 1. The third-order valence-corrected chi connectivity index (χ3v) is 6.04. The molecule has 1 saturated heterocycles. The molecule has 150 valence electrons. The van der Waals surface area contributed by atoms with E-state index in [0.717, 1.165) is 24.4 Å². The second kappa shape index (κ2) is 9.99. The summed E-state index contributed by atoms with van der Waals surface area (Å²) >= 11 is 1.80. The summed E-state index contributed by atoms with van der Waals surface area (Å²) in [4.78, 5) is 16.4. The molecule has 1 fully saturated rings. The fourth-order valence-corrected chi connectivity index (χ4v) is 4.52. The van der Waals surface area contributed by atoms with Crippen LogP contribution in [0.2, 0.25) is 0 Å². The maximum Gasteiger partial charge on any atom is 0.251 e. The summed E-state index contributed by atoms with van der Waals surface area (Å²) in [5.41, 5.74) is 1.84. The van der Waals surface area contributed by atoms with Gasteiger partial charge in [0, 0.05) is 27.8 Å². The molecule has 0 aromatic heterocycles. The summed E-state index contributed by atoms with van der Waals surface area (Å²) < 4.78 is 5.58. The number of likely N-dealkylation sites (tertiary alicyclic amines) is 1. The second-order valence-electron chi connectivity index (χ2n) is 7.40. The molecule has 1 N–H and O–H groups in total. The fraction of sp³-hybridized carbons (Fsp3) is 0.435. The second-order valence-corrected chi connectivity index (χ2v) is 9.05. The van der Waals surface area contributed by atoms with Gasteiger partial charge in [0.1, 0.15) is 5.75 Å². The first kappa shape index (κ1) is 20.7. The number of benzene rings is 2. The minimum Gasteiger partial charge on any atom is -0.496 e. The van der Waals surface area contributed by atoms with Crippen molar-refractivity contribution >= 4 is 17.7 Å². The van der Waals surface area contributed by atoms with Crippen LogP contribution in [0.1, 0.15) is 48.7 Å². The van der Waals surface area contributed by atoms with Crippen LogP contribution in [0.3, 0.4) is 0 Å². The Morgan fingerprint density at radius 1 is 1.11 bits per heavy atom. The molecule has 1 heterocycles. The highest BCUT2D eigenvalue weighted by atomic mass is 32.2. The van der Waals surface area contributed by atoms with Crippen LogP contribution in [-0.4, -0.2) is 42.8 Å². The van der Waals surface area contributed by atoms with E-state index in [1.807, 2.05) is 42.5 Å². The molecule has 2 aromatic carbocycles. The topological polar surface area (TPSA) is 41.6 Å². The number of carbonyl (C=O) groups is 1. The predicted octanol–water partition coefficient (Wildman–Crippen LogP) is 4.76. The summed E-state index contributed by atoms with van der Waals surface area (Å²) in [7, 11) is 1.70. The fourth-order valence-electron chi connectivity index (χ4n) is 3.68. The molecule has 0 spiro atoms. The van der Waals surface area contributed by atoms with E-state index in [1.165, 1.54) is 17.7 Å². The quantitative estimate of drug-likeness (QED) is 0.651. The molecule has 1 unspecified atom stereocenters. The van der Waals surface area contributed by atoms with Crippen LogP contribution in [0, 0.1) is 0 Å². The molecule has 1 amide bonds. The number of carbonyl (C=O) groups excluding carboxylic acids is 1. The highest BCUT2D eigenvalue weighted by molar-refractivity contribution is 7.99. The van der Waals surface area contributed by atoms with E-state index in [9.17, 15) is 4.79 Å². The Balaban J connectivity index is 1.70. The Kier molecular flexibility index (Phi) is 7.40. The number of hydrogen-bond acceptors (Lipinski definition) is 4. The number of thioether (sulfide) groups is 1. The zero-order chi connectivity index (χ0) is 19.9. The Hall–Kier alpha value is -1.98. The first-order chi connectivity index (χ1) is 13.6. The zero-order valence-corrected chi connectivity index (χ0v) is 17.8. The first-order valence-electron chi connectivity index (χ1n) is 10.0. The van der Waals surface area contributed by atoms with Gasteiger partial charge in [0.05, 0.1) is 13.2 Å². The minimum atomic E-state index is -0.0276. The van der Waals surface area contributed by atoms with E-state index in [1.54, 1.807) is 18.9 Å². The lowest BCUT2D eigenvalue weighted by Crippen LogP contribution is -2.37. The number of para-hydroxylation sites is 1. The van der Waals surface area contributed by atoms with Crippen molar-refractivity contribution in [3.05, 3.63) is 59.7 Å². The number of rotatable bonds is 8. The third kappa shape index (κ3) is 5.30. The van der Waals surface area contributed by atoms with Gasteiger partial charge < -0.3 is 10.1 Å². The lowest BCUT2D eigenvalue weighted by atomic mass is 10.0. The van der Waals surface area contributed by atoms with Crippen LogP contribution in [0.5, 0.6) is 5.75 Å². The van der Waals surface area contributed by atoms with Gasteiger partial charge in [0.2, 0.25) is 0 Å². The smallest absolute Gasteiger partial charge is 0.251 e. The van der Waals surface area contributed by atoms with E-state index in [-0.39, 0.29) is 11.9 Å². The monoisotopic (exact) mass is 398 g/mol. The zero-order valence-electron chi connectivity index (χ0n) is 17.0. The van der Waals surface area contributed by atoms with Crippen molar-refractivity contribution in [3.8, 4) is 5.75 Å². The normalized spacial score (nSPS) is 15.6. The van der Waals surface area contributed by atoms with Crippen molar-refractivity contribution in [2.24, 2.45) is 0 Å². The molecule has 0 bridgehead atoms. The maximum atomic E-state index is 12.7. The average molecular weight is 399 g/mol. The van der Waals surface area contributed by atoms with Crippen molar-refractivity contribution in [3.63, 3.8) is 0 Å². The van der Waals surface area contributed by atoms with Crippen molar-refractivity contribution < 1.29 is 9.53 Å². The van der Waals surface area contributed by atoms with Gasteiger partial charge >= 0.3 is 0 Å². The molecule has 1 aliphatic heterocycles. The molecule has 0 aliphatic carbocycles. The lowest BCUT2D eigenvalue weighted by Gasteiger charge is -2.29. The molecule has 0 radical (unpaired) electrons. The molecule has 5 heteroatoms. The van der Waals surface area contributed by atoms with Crippen molar-refractivity contribution in [1.82, 2.24) is 10.2 Å². The summed E-state index contributed by atoms with van der Waals surface area (Å²) in [6.45, 7) is 7.02. The Morgan fingerprint density at radius 2 is 1.79 bits per heavy atom. The van der Waals surface area contributed by atoms with Gasteiger partial charge in [-0.2, -0.15) is 0 Å². The molecule has 4 nitrogen and oxygen atoms in total. The molecular formula is C23H30N2O2S. The largest absolute Gasteiger partial charge is 0.496 e. The number of nitrogens with zero attached hydrogens (tertiary/aromatic N) is 1. The molecule has 2 aromatic rings. The van der Waals surface area contributed by atoms with E-state index in [0.29, 0.717) is 17.4 Å². The molecule has 28 heavy (non-hydrogen) atoms. The molecule has 1 atom stereocenters.